The second-order valence-corrected chi connectivity index (χ2v) is 6.05. The lowest BCUT2D eigenvalue weighted by molar-refractivity contribution is 0.686. The lowest BCUT2D eigenvalue weighted by atomic mass is 10.3. The van der Waals surface area contributed by atoms with E-state index < -0.39 is 10.8 Å². The molecule has 1 aromatic heterocycles. The maximum absolute atomic E-state index is 11.1. The van der Waals surface area contributed by atoms with E-state index in [0.717, 1.165) is 14.7 Å². The number of hydrogen-bond donors (Lipinski definition) is 0. The third-order valence-corrected chi connectivity index (χ3v) is 4.42. The van der Waals surface area contributed by atoms with E-state index in [1.54, 1.807) is 6.26 Å². The first-order chi connectivity index (χ1) is 6.16. The van der Waals surface area contributed by atoms with E-state index in [0.29, 0.717) is 4.34 Å². The zero-order valence-corrected chi connectivity index (χ0v) is 10.0. The Bertz CT molecular complexity index is 480. The molecule has 0 bridgehead atoms. The fourth-order valence-corrected chi connectivity index (χ4v) is 3.21. The van der Waals surface area contributed by atoms with Crippen LogP contribution in [0.15, 0.2) is 27.0 Å². The molecule has 0 saturated carbocycles. The van der Waals surface area contributed by atoms with Crippen LogP contribution in [0.2, 0.25) is 0 Å². The first kappa shape index (κ1) is 9.30. The third kappa shape index (κ3) is 1.82. The second-order valence-electron chi connectivity index (χ2n) is 2.55. The summed E-state index contributed by atoms with van der Waals surface area (Å²) in [5.41, 5.74) is 0.915. The molecule has 1 unspecified atom stereocenters. The molecule has 0 aliphatic heterocycles. The Labute approximate surface area is 90.6 Å². The number of hydrogen-bond acceptors (Lipinski definition) is 3. The van der Waals surface area contributed by atoms with Crippen molar-refractivity contribution in [3.8, 4) is 0 Å². The first-order valence-corrected chi connectivity index (χ1v) is 6.73. The fourth-order valence-electron chi connectivity index (χ4n) is 1.00. The zero-order valence-electron chi connectivity index (χ0n) is 6.78. The van der Waals surface area contributed by atoms with E-state index in [9.17, 15) is 4.21 Å². The van der Waals surface area contributed by atoms with Crippen LogP contribution in [0.5, 0.6) is 0 Å². The summed E-state index contributed by atoms with van der Waals surface area (Å²) in [5.74, 6) is 0. The quantitative estimate of drug-likeness (QED) is 0.801. The Balaban J connectivity index is 2.68. The lowest BCUT2D eigenvalue weighted by Crippen LogP contribution is -1.83. The van der Waals surface area contributed by atoms with E-state index in [4.69, 9.17) is 0 Å². The highest BCUT2D eigenvalue weighted by atomic mass is 79.9. The summed E-state index contributed by atoms with van der Waals surface area (Å²) in [6.07, 6.45) is 1.65. The summed E-state index contributed by atoms with van der Waals surface area (Å²) < 4.78 is 13.9. The van der Waals surface area contributed by atoms with Crippen molar-refractivity contribution in [3.05, 3.63) is 22.7 Å². The van der Waals surface area contributed by atoms with E-state index in [1.807, 2.05) is 18.2 Å². The highest BCUT2D eigenvalue weighted by Gasteiger charge is 2.06. The smallest absolute Gasteiger partial charge is 0.181 e. The van der Waals surface area contributed by atoms with E-state index in [1.165, 1.54) is 11.3 Å². The van der Waals surface area contributed by atoms with Gasteiger partial charge in [-0.1, -0.05) is 15.9 Å². The molecule has 13 heavy (non-hydrogen) atoms. The Morgan fingerprint density at radius 2 is 2.31 bits per heavy atom. The molecule has 2 aromatic rings. The van der Waals surface area contributed by atoms with Crippen molar-refractivity contribution in [2.45, 2.75) is 4.34 Å². The van der Waals surface area contributed by atoms with Crippen molar-refractivity contribution < 1.29 is 4.21 Å². The normalized spacial score (nSPS) is 13.4. The van der Waals surface area contributed by atoms with Crippen molar-refractivity contribution in [1.82, 2.24) is 4.98 Å². The maximum atomic E-state index is 11.1. The Hall–Kier alpha value is -0.260. The number of fused-ring (bicyclic) bond motifs is 1. The Kier molecular flexibility index (Phi) is 2.49. The summed E-state index contributed by atoms with van der Waals surface area (Å²) in [7, 11) is -0.976. The van der Waals surface area contributed by atoms with Crippen LogP contribution in [-0.4, -0.2) is 15.4 Å². The first-order valence-electron chi connectivity index (χ1n) is 3.56. The van der Waals surface area contributed by atoms with Crippen molar-refractivity contribution in [1.29, 1.82) is 0 Å². The molecular formula is C8H6BrNOS2. The van der Waals surface area contributed by atoms with Gasteiger partial charge >= 0.3 is 0 Å². The molecule has 1 aromatic carbocycles. The van der Waals surface area contributed by atoms with Crippen molar-refractivity contribution in [2.24, 2.45) is 0 Å². The highest BCUT2D eigenvalue weighted by Crippen LogP contribution is 2.26. The van der Waals surface area contributed by atoms with Crippen molar-refractivity contribution in [3.63, 3.8) is 0 Å². The molecule has 0 radical (unpaired) electrons. The standard InChI is InChI=1S/C8H6BrNOS2/c1-13(11)8-10-6-3-2-5(9)4-7(6)12-8/h2-4H,1H3. The largest absolute Gasteiger partial charge is 0.252 e. The summed E-state index contributed by atoms with van der Waals surface area (Å²) in [5, 5.41) is 0. The predicted octanol–water partition coefficient (Wildman–Crippen LogP) is 2.80. The number of thiazole rings is 1. The minimum absolute atomic E-state index is 0.688. The van der Waals surface area contributed by atoms with Gasteiger partial charge in [-0.15, -0.1) is 11.3 Å². The number of aromatic nitrogens is 1. The van der Waals surface area contributed by atoms with Gasteiger partial charge < -0.3 is 0 Å². The second kappa shape index (κ2) is 3.48. The van der Waals surface area contributed by atoms with Gasteiger partial charge in [-0.05, 0) is 18.2 Å². The average Bonchev–Trinajstić information content (AvgIpc) is 2.46. The van der Waals surface area contributed by atoms with Crippen LogP contribution in [-0.2, 0) is 10.8 Å². The summed E-state index contributed by atoms with van der Waals surface area (Å²) in [4.78, 5) is 4.25. The molecule has 5 heteroatoms. The van der Waals surface area contributed by atoms with Gasteiger partial charge in [0.05, 0.1) is 21.0 Å². The molecule has 0 aliphatic rings. The molecule has 2 rings (SSSR count). The monoisotopic (exact) mass is 275 g/mol. The Morgan fingerprint density at radius 1 is 1.54 bits per heavy atom. The van der Waals surface area contributed by atoms with Gasteiger partial charge in [-0.25, -0.2) is 4.98 Å². The van der Waals surface area contributed by atoms with Crippen LogP contribution in [0.25, 0.3) is 10.2 Å². The van der Waals surface area contributed by atoms with Gasteiger partial charge in [0.15, 0.2) is 4.34 Å². The van der Waals surface area contributed by atoms with Gasteiger partial charge in [0.1, 0.15) is 0 Å². The molecular weight excluding hydrogens is 270 g/mol. The van der Waals surface area contributed by atoms with Crippen LogP contribution < -0.4 is 0 Å². The molecule has 0 saturated heterocycles. The van der Waals surface area contributed by atoms with Gasteiger partial charge in [0.25, 0.3) is 0 Å². The predicted molar refractivity (Wildman–Crippen MR) is 59.7 cm³/mol. The van der Waals surface area contributed by atoms with Crippen LogP contribution in [0, 0.1) is 0 Å². The molecule has 2 nitrogen and oxygen atoms in total. The van der Waals surface area contributed by atoms with E-state index >= 15 is 0 Å². The van der Waals surface area contributed by atoms with Gasteiger partial charge in [-0.3, -0.25) is 4.21 Å². The average molecular weight is 276 g/mol. The fraction of sp³-hybridized carbons (Fsp3) is 0.125. The van der Waals surface area contributed by atoms with Crippen LogP contribution in [0.3, 0.4) is 0 Å². The van der Waals surface area contributed by atoms with Crippen LogP contribution >= 0.6 is 27.3 Å². The summed E-state index contributed by atoms with van der Waals surface area (Å²) >= 11 is 4.86. The minimum atomic E-state index is -0.976. The number of halogens is 1. The van der Waals surface area contributed by atoms with Gasteiger partial charge in [0.2, 0.25) is 0 Å². The SMILES string of the molecule is CS(=O)c1nc2ccc(Br)cc2s1. The number of benzene rings is 1. The summed E-state index contributed by atoms with van der Waals surface area (Å²) in [6.45, 7) is 0. The third-order valence-electron chi connectivity index (χ3n) is 1.58. The number of rotatable bonds is 1. The summed E-state index contributed by atoms with van der Waals surface area (Å²) in [6, 6.07) is 5.85. The van der Waals surface area contributed by atoms with E-state index in [2.05, 4.69) is 20.9 Å². The Morgan fingerprint density at radius 3 is 3.00 bits per heavy atom. The number of nitrogens with zero attached hydrogens (tertiary/aromatic N) is 1. The molecule has 0 aliphatic carbocycles. The van der Waals surface area contributed by atoms with Crippen molar-refractivity contribution in [2.75, 3.05) is 6.26 Å². The topological polar surface area (TPSA) is 30.0 Å². The van der Waals surface area contributed by atoms with Gasteiger partial charge in [-0.2, -0.15) is 0 Å². The molecule has 1 atom stereocenters. The molecule has 0 N–H and O–H groups in total. The molecule has 0 amide bonds. The van der Waals surface area contributed by atoms with Gasteiger partial charge in [0, 0.05) is 10.7 Å². The van der Waals surface area contributed by atoms with Crippen LogP contribution in [0.4, 0.5) is 0 Å². The lowest BCUT2D eigenvalue weighted by Gasteiger charge is -1.86. The van der Waals surface area contributed by atoms with Crippen molar-refractivity contribution >= 4 is 48.3 Å². The maximum Gasteiger partial charge on any atom is 0.181 e. The molecule has 1 heterocycles. The molecule has 68 valence electrons. The van der Waals surface area contributed by atoms with E-state index in [-0.39, 0.29) is 0 Å². The zero-order chi connectivity index (χ0) is 9.42. The molecule has 0 spiro atoms. The van der Waals surface area contributed by atoms with Crippen LogP contribution in [0.1, 0.15) is 0 Å². The molecule has 0 fully saturated rings. The minimum Gasteiger partial charge on any atom is -0.252 e. The highest BCUT2D eigenvalue weighted by molar-refractivity contribution is 9.10.